The molecule has 0 saturated carbocycles. The minimum absolute atomic E-state index is 0.160. The quantitative estimate of drug-likeness (QED) is 0.586. The minimum Gasteiger partial charge on any atom is -0.397 e. The van der Waals surface area contributed by atoms with Crippen LogP contribution >= 0.6 is 11.6 Å². The normalized spacial score (nSPS) is 14.6. The van der Waals surface area contributed by atoms with Gasteiger partial charge in [-0.15, -0.1) is 0 Å². The second kappa shape index (κ2) is 9.05. The van der Waals surface area contributed by atoms with Crippen LogP contribution in [0.15, 0.2) is 41.2 Å². The number of aryl methyl sites for hydroxylation is 1. The maximum Gasteiger partial charge on any atom is 0.276 e. The molecule has 3 N–H and O–H groups in total. The van der Waals surface area contributed by atoms with E-state index in [4.69, 9.17) is 22.1 Å². The van der Waals surface area contributed by atoms with Gasteiger partial charge in [-0.05, 0) is 35.4 Å². The van der Waals surface area contributed by atoms with Gasteiger partial charge in [-0.3, -0.25) is 19.2 Å². The van der Waals surface area contributed by atoms with Crippen molar-refractivity contribution in [1.82, 2.24) is 20.0 Å². The number of anilines is 1. The van der Waals surface area contributed by atoms with Crippen molar-refractivity contribution >= 4 is 34.1 Å². The number of aromatic nitrogens is 2. The predicted octanol–water partition coefficient (Wildman–Crippen LogP) is 1.93. The summed E-state index contributed by atoms with van der Waals surface area (Å²) in [5, 5.41) is 7.95. The Bertz CT molecular complexity index is 1170. The van der Waals surface area contributed by atoms with Gasteiger partial charge < -0.3 is 15.8 Å². The van der Waals surface area contributed by atoms with Crippen LogP contribution in [0.25, 0.3) is 10.9 Å². The third-order valence-electron chi connectivity index (χ3n) is 5.32. The Morgan fingerprint density at radius 2 is 1.90 bits per heavy atom. The van der Waals surface area contributed by atoms with Crippen molar-refractivity contribution in [2.24, 2.45) is 7.05 Å². The topological polar surface area (TPSA) is 102 Å². The van der Waals surface area contributed by atoms with Crippen molar-refractivity contribution in [3.8, 4) is 0 Å². The fourth-order valence-electron chi connectivity index (χ4n) is 3.75. The molecule has 1 aliphatic rings. The van der Waals surface area contributed by atoms with Crippen molar-refractivity contribution in [3.63, 3.8) is 0 Å². The summed E-state index contributed by atoms with van der Waals surface area (Å²) < 4.78 is 6.88. The van der Waals surface area contributed by atoms with Gasteiger partial charge >= 0.3 is 0 Å². The highest BCUT2D eigenvalue weighted by molar-refractivity contribution is 6.30. The number of nitrogens with one attached hydrogen (secondary N) is 1. The third kappa shape index (κ3) is 4.71. The van der Waals surface area contributed by atoms with Crippen molar-refractivity contribution < 1.29 is 9.53 Å². The number of fused-ring (bicyclic) bond motifs is 1. The molecule has 1 fully saturated rings. The smallest absolute Gasteiger partial charge is 0.276 e. The van der Waals surface area contributed by atoms with E-state index in [9.17, 15) is 9.59 Å². The summed E-state index contributed by atoms with van der Waals surface area (Å²) in [6.45, 7) is 3.94. The first kappa shape index (κ1) is 21.3. The van der Waals surface area contributed by atoms with Crippen LogP contribution in [0.5, 0.6) is 0 Å². The van der Waals surface area contributed by atoms with Crippen LogP contribution in [0.3, 0.4) is 0 Å². The zero-order valence-corrected chi connectivity index (χ0v) is 18.0. The van der Waals surface area contributed by atoms with E-state index >= 15 is 0 Å². The van der Waals surface area contributed by atoms with Crippen LogP contribution in [-0.2, 0) is 24.9 Å². The molecule has 1 aromatic heterocycles. The van der Waals surface area contributed by atoms with Gasteiger partial charge in [0.2, 0.25) is 5.43 Å². The van der Waals surface area contributed by atoms with Crippen molar-refractivity contribution in [2.75, 3.05) is 32.0 Å². The van der Waals surface area contributed by atoms with Gasteiger partial charge in [0.1, 0.15) is 0 Å². The number of hydrogen-bond donors (Lipinski definition) is 2. The van der Waals surface area contributed by atoms with E-state index in [0.717, 1.165) is 24.2 Å². The van der Waals surface area contributed by atoms with Gasteiger partial charge in [0.05, 0.1) is 29.8 Å². The molecule has 2 heterocycles. The van der Waals surface area contributed by atoms with Crippen LogP contribution in [0.1, 0.15) is 21.6 Å². The second-order valence-corrected chi connectivity index (χ2v) is 8.02. The Hall–Kier alpha value is -2.94. The number of nitrogens with two attached hydrogens (primary N) is 1. The zero-order valence-electron chi connectivity index (χ0n) is 17.2. The van der Waals surface area contributed by atoms with E-state index in [-0.39, 0.29) is 12.2 Å². The lowest BCUT2D eigenvalue weighted by Crippen LogP contribution is -2.35. The summed E-state index contributed by atoms with van der Waals surface area (Å²) in [4.78, 5) is 28.1. The molecular formula is C22H24ClN5O3. The third-order valence-corrected chi connectivity index (χ3v) is 5.58. The molecule has 4 rings (SSSR count). The first-order valence-electron chi connectivity index (χ1n) is 10.0. The van der Waals surface area contributed by atoms with E-state index < -0.39 is 11.3 Å². The molecule has 1 saturated heterocycles. The summed E-state index contributed by atoms with van der Waals surface area (Å²) in [5.41, 5.74) is 8.42. The lowest BCUT2D eigenvalue weighted by molar-refractivity contribution is 0.0342. The van der Waals surface area contributed by atoms with Crippen LogP contribution in [0.4, 0.5) is 5.69 Å². The summed E-state index contributed by atoms with van der Waals surface area (Å²) in [7, 11) is 1.68. The molecule has 1 amide bonds. The number of rotatable bonds is 5. The van der Waals surface area contributed by atoms with Gasteiger partial charge in [0, 0.05) is 38.2 Å². The Kier molecular flexibility index (Phi) is 6.22. The molecule has 162 valence electrons. The molecule has 0 bridgehead atoms. The molecule has 1 aliphatic heterocycles. The first-order chi connectivity index (χ1) is 14.9. The number of nitrogen functional groups attached to an aromatic ring is 1. The standard InChI is InChI=1S/C22H24ClN5O3/c1-27-20-17(10-15(11-18(20)24)13-28-6-8-31-9-7-28)21(29)19(26-27)22(30)25-12-14-2-4-16(23)5-3-14/h2-5,10-11H,6-9,12-13,24H2,1H3,(H,25,30). The highest BCUT2D eigenvalue weighted by Crippen LogP contribution is 2.21. The highest BCUT2D eigenvalue weighted by Gasteiger charge is 2.19. The van der Waals surface area contributed by atoms with E-state index in [2.05, 4.69) is 15.3 Å². The predicted molar refractivity (Wildman–Crippen MR) is 120 cm³/mol. The molecule has 0 spiro atoms. The maximum absolute atomic E-state index is 13.1. The summed E-state index contributed by atoms with van der Waals surface area (Å²) in [6.07, 6.45) is 0. The Morgan fingerprint density at radius 1 is 1.19 bits per heavy atom. The molecule has 0 unspecified atom stereocenters. The maximum atomic E-state index is 13.1. The Morgan fingerprint density at radius 3 is 2.61 bits per heavy atom. The molecular weight excluding hydrogens is 418 g/mol. The summed E-state index contributed by atoms with van der Waals surface area (Å²) >= 11 is 5.89. The Labute approximate surface area is 184 Å². The van der Waals surface area contributed by atoms with Gasteiger partial charge in [-0.25, -0.2) is 0 Å². The fraction of sp³-hybridized carbons (Fsp3) is 0.318. The molecule has 31 heavy (non-hydrogen) atoms. The van der Waals surface area contributed by atoms with Gasteiger partial charge in [-0.2, -0.15) is 5.10 Å². The van der Waals surface area contributed by atoms with Crippen LogP contribution in [-0.4, -0.2) is 46.9 Å². The zero-order chi connectivity index (χ0) is 22.0. The monoisotopic (exact) mass is 441 g/mol. The van der Waals surface area contributed by atoms with Gasteiger partial charge in [0.25, 0.3) is 5.91 Å². The van der Waals surface area contributed by atoms with E-state index in [1.807, 2.05) is 18.2 Å². The molecule has 8 nitrogen and oxygen atoms in total. The van der Waals surface area contributed by atoms with Crippen LogP contribution in [0, 0.1) is 0 Å². The average Bonchev–Trinajstić information content (AvgIpc) is 2.76. The number of carbonyl (C=O) groups excluding carboxylic acids is 1. The molecule has 9 heteroatoms. The lowest BCUT2D eigenvalue weighted by Gasteiger charge is -2.26. The molecule has 3 aromatic rings. The van der Waals surface area contributed by atoms with Crippen molar-refractivity contribution in [3.05, 3.63) is 68.5 Å². The number of benzene rings is 2. The number of hydrogen-bond acceptors (Lipinski definition) is 6. The largest absolute Gasteiger partial charge is 0.397 e. The second-order valence-electron chi connectivity index (χ2n) is 7.58. The lowest BCUT2D eigenvalue weighted by atomic mass is 10.1. The number of ether oxygens (including phenoxy) is 1. The first-order valence-corrected chi connectivity index (χ1v) is 10.4. The summed E-state index contributed by atoms with van der Waals surface area (Å²) in [6, 6.07) is 10.8. The van der Waals surface area contributed by atoms with E-state index in [1.165, 1.54) is 4.68 Å². The van der Waals surface area contributed by atoms with E-state index in [1.54, 1.807) is 25.2 Å². The molecule has 2 aromatic carbocycles. The molecule has 0 radical (unpaired) electrons. The molecule has 0 aliphatic carbocycles. The number of nitrogens with zero attached hydrogens (tertiary/aromatic N) is 3. The van der Waals surface area contributed by atoms with E-state index in [0.29, 0.717) is 41.4 Å². The summed E-state index contributed by atoms with van der Waals surface area (Å²) in [5.74, 6) is -0.533. The van der Waals surface area contributed by atoms with Crippen LogP contribution < -0.4 is 16.5 Å². The highest BCUT2D eigenvalue weighted by atomic mass is 35.5. The number of amides is 1. The van der Waals surface area contributed by atoms with Crippen molar-refractivity contribution in [2.45, 2.75) is 13.1 Å². The minimum atomic E-state index is -0.533. The van der Waals surface area contributed by atoms with Gasteiger partial charge in [0.15, 0.2) is 5.69 Å². The Balaban J connectivity index is 1.62. The van der Waals surface area contributed by atoms with Crippen LogP contribution in [0.2, 0.25) is 5.02 Å². The molecule has 0 atom stereocenters. The number of morpholine rings is 1. The SMILES string of the molecule is Cn1nc(C(=O)NCc2ccc(Cl)cc2)c(=O)c2cc(CN3CCOCC3)cc(N)c21. The average molecular weight is 442 g/mol. The van der Waals surface area contributed by atoms with Gasteiger partial charge in [-0.1, -0.05) is 23.7 Å². The van der Waals surface area contributed by atoms with Crippen molar-refractivity contribution in [1.29, 1.82) is 0 Å². The fourth-order valence-corrected chi connectivity index (χ4v) is 3.88. The number of halogens is 1. The number of carbonyl (C=O) groups is 1.